The molecule has 0 aliphatic carbocycles. The standard InChI is InChI=1S/C17H23NO4/c1-4-18(5-2)13-7-8-14-15(10-13)22-11-12(17(14)20)9-16(19)21-6-3/h7-8,10,12H,4-6,9,11H2,1-3H3. The number of anilines is 1. The molecule has 1 aromatic rings. The highest BCUT2D eigenvalue weighted by Gasteiger charge is 2.31. The van der Waals surface area contributed by atoms with Gasteiger partial charge in [-0.1, -0.05) is 0 Å². The van der Waals surface area contributed by atoms with E-state index >= 15 is 0 Å². The van der Waals surface area contributed by atoms with Gasteiger partial charge in [-0.25, -0.2) is 0 Å². The number of hydrogen-bond donors (Lipinski definition) is 0. The van der Waals surface area contributed by atoms with E-state index in [-0.39, 0.29) is 24.8 Å². The van der Waals surface area contributed by atoms with Gasteiger partial charge in [0.25, 0.3) is 0 Å². The van der Waals surface area contributed by atoms with E-state index in [1.807, 2.05) is 12.1 Å². The largest absolute Gasteiger partial charge is 0.492 e. The van der Waals surface area contributed by atoms with Gasteiger partial charge in [0.15, 0.2) is 5.78 Å². The number of carbonyl (C=O) groups is 2. The second-order valence-electron chi connectivity index (χ2n) is 5.23. The number of rotatable bonds is 6. The van der Waals surface area contributed by atoms with E-state index in [4.69, 9.17) is 9.47 Å². The van der Waals surface area contributed by atoms with E-state index in [9.17, 15) is 9.59 Å². The van der Waals surface area contributed by atoms with Gasteiger partial charge in [-0.2, -0.15) is 0 Å². The van der Waals surface area contributed by atoms with Crippen LogP contribution in [0.5, 0.6) is 5.75 Å². The first-order valence-corrected chi connectivity index (χ1v) is 7.82. The summed E-state index contributed by atoms with van der Waals surface area (Å²) in [6, 6.07) is 5.63. The van der Waals surface area contributed by atoms with Gasteiger partial charge in [-0.05, 0) is 32.9 Å². The number of carbonyl (C=O) groups excluding carboxylic acids is 2. The summed E-state index contributed by atoms with van der Waals surface area (Å²) in [5.74, 6) is -0.242. The van der Waals surface area contributed by atoms with Crippen LogP contribution in [0.2, 0.25) is 0 Å². The monoisotopic (exact) mass is 305 g/mol. The minimum atomic E-state index is -0.453. The fourth-order valence-corrected chi connectivity index (χ4v) is 2.68. The van der Waals surface area contributed by atoms with Crippen molar-refractivity contribution in [2.75, 3.05) is 31.2 Å². The third-order valence-electron chi connectivity index (χ3n) is 3.89. The van der Waals surface area contributed by atoms with Crippen LogP contribution in [0.3, 0.4) is 0 Å². The van der Waals surface area contributed by atoms with E-state index in [2.05, 4.69) is 18.7 Å². The molecule has 1 aliphatic heterocycles. The fraction of sp³-hybridized carbons (Fsp3) is 0.529. The van der Waals surface area contributed by atoms with E-state index in [0.717, 1.165) is 18.8 Å². The van der Waals surface area contributed by atoms with Crippen LogP contribution in [0.25, 0.3) is 0 Å². The fourth-order valence-electron chi connectivity index (χ4n) is 2.68. The van der Waals surface area contributed by atoms with E-state index < -0.39 is 5.92 Å². The number of Topliss-reactive ketones (excluding diaryl/α,β-unsaturated/α-hetero) is 1. The third-order valence-corrected chi connectivity index (χ3v) is 3.89. The molecule has 0 amide bonds. The maximum Gasteiger partial charge on any atom is 0.306 e. The maximum absolute atomic E-state index is 12.5. The summed E-state index contributed by atoms with van der Waals surface area (Å²) in [5.41, 5.74) is 1.59. The molecule has 1 aliphatic rings. The molecular formula is C17H23NO4. The second kappa shape index (κ2) is 7.29. The quantitative estimate of drug-likeness (QED) is 0.756. The molecule has 120 valence electrons. The average Bonchev–Trinajstić information content (AvgIpc) is 2.51. The Labute approximate surface area is 131 Å². The van der Waals surface area contributed by atoms with Crippen molar-refractivity contribution in [3.8, 4) is 5.75 Å². The summed E-state index contributed by atoms with van der Waals surface area (Å²) >= 11 is 0. The highest BCUT2D eigenvalue weighted by Crippen LogP contribution is 2.32. The van der Waals surface area contributed by atoms with Crippen molar-refractivity contribution in [1.82, 2.24) is 0 Å². The highest BCUT2D eigenvalue weighted by molar-refractivity contribution is 6.03. The van der Waals surface area contributed by atoms with Gasteiger partial charge in [-0.3, -0.25) is 9.59 Å². The molecule has 1 atom stereocenters. The Kier molecular flexibility index (Phi) is 5.41. The molecular weight excluding hydrogens is 282 g/mol. The highest BCUT2D eigenvalue weighted by atomic mass is 16.5. The number of esters is 1. The van der Waals surface area contributed by atoms with Crippen LogP contribution in [-0.4, -0.2) is 38.1 Å². The predicted octanol–water partition coefficient (Wildman–Crippen LogP) is 2.68. The van der Waals surface area contributed by atoms with E-state index in [1.54, 1.807) is 13.0 Å². The summed E-state index contributed by atoms with van der Waals surface area (Å²) in [4.78, 5) is 26.2. The van der Waals surface area contributed by atoms with Crippen LogP contribution < -0.4 is 9.64 Å². The zero-order valence-corrected chi connectivity index (χ0v) is 13.4. The van der Waals surface area contributed by atoms with Gasteiger partial charge in [0.2, 0.25) is 0 Å². The Morgan fingerprint density at radius 2 is 2.05 bits per heavy atom. The Balaban J connectivity index is 2.16. The Morgan fingerprint density at radius 1 is 1.32 bits per heavy atom. The number of fused-ring (bicyclic) bond motifs is 1. The number of hydrogen-bond acceptors (Lipinski definition) is 5. The van der Waals surface area contributed by atoms with Crippen LogP contribution in [0.15, 0.2) is 18.2 Å². The zero-order chi connectivity index (χ0) is 16.1. The van der Waals surface area contributed by atoms with Gasteiger partial charge in [0, 0.05) is 24.8 Å². The number of nitrogens with zero attached hydrogens (tertiary/aromatic N) is 1. The summed E-state index contributed by atoms with van der Waals surface area (Å²) in [5, 5.41) is 0. The molecule has 22 heavy (non-hydrogen) atoms. The molecule has 2 rings (SSSR count). The van der Waals surface area contributed by atoms with Crippen molar-refractivity contribution < 1.29 is 19.1 Å². The second-order valence-corrected chi connectivity index (χ2v) is 5.23. The molecule has 0 bridgehead atoms. The molecule has 1 unspecified atom stereocenters. The van der Waals surface area contributed by atoms with Crippen LogP contribution in [0.1, 0.15) is 37.6 Å². The van der Waals surface area contributed by atoms with Crippen molar-refractivity contribution >= 4 is 17.4 Å². The first-order chi connectivity index (χ1) is 10.6. The summed E-state index contributed by atoms with van der Waals surface area (Å²) in [6.45, 7) is 8.27. The molecule has 0 spiro atoms. The van der Waals surface area contributed by atoms with Crippen molar-refractivity contribution in [3.05, 3.63) is 23.8 Å². The Hall–Kier alpha value is -2.04. The van der Waals surface area contributed by atoms with Gasteiger partial charge in [0.1, 0.15) is 5.75 Å². The van der Waals surface area contributed by atoms with Crippen LogP contribution >= 0.6 is 0 Å². The molecule has 1 aromatic carbocycles. The summed E-state index contributed by atoms with van der Waals surface area (Å²) in [6.07, 6.45) is 0.0733. The zero-order valence-electron chi connectivity index (χ0n) is 13.4. The van der Waals surface area contributed by atoms with Crippen LogP contribution in [0.4, 0.5) is 5.69 Å². The van der Waals surface area contributed by atoms with Crippen LogP contribution in [-0.2, 0) is 9.53 Å². The summed E-state index contributed by atoms with van der Waals surface area (Å²) in [7, 11) is 0. The van der Waals surface area contributed by atoms with Gasteiger partial charge in [-0.15, -0.1) is 0 Å². The molecule has 5 heteroatoms. The normalized spacial score (nSPS) is 16.7. The number of ketones is 1. The predicted molar refractivity (Wildman–Crippen MR) is 84.6 cm³/mol. The molecule has 0 fully saturated rings. The molecule has 5 nitrogen and oxygen atoms in total. The lowest BCUT2D eigenvalue weighted by atomic mass is 9.92. The average molecular weight is 305 g/mol. The molecule has 0 saturated carbocycles. The summed E-state index contributed by atoms with van der Waals surface area (Å²) < 4.78 is 10.6. The Bertz CT molecular complexity index is 552. The molecule has 0 radical (unpaired) electrons. The molecule has 0 saturated heterocycles. The van der Waals surface area contributed by atoms with Crippen molar-refractivity contribution in [2.24, 2.45) is 5.92 Å². The van der Waals surface area contributed by atoms with E-state index in [1.165, 1.54) is 0 Å². The first kappa shape index (κ1) is 16.3. The third kappa shape index (κ3) is 3.40. The maximum atomic E-state index is 12.5. The van der Waals surface area contributed by atoms with E-state index in [0.29, 0.717) is 17.9 Å². The SMILES string of the molecule is CCOC(=O)CC1COc2cc(N(CC)CC)ccc2C1=O. The van der Waals surface area contributed by atoms with Crippen LogP contribution in [0, 0.1) is 5.92 Å². The number of ether oxygens (including phenoxy) is 2. The van der Waals surface area contributed by atoms with Crippen molar-refractivity contribution in [3.63, 3.8) is 0 Å². The van der Waals surface area contributed by atoms with Gasteiger partial charge < -0.3 is 14.4 Å². The smallest absolute Gasteiger partial charge is 0.306 e. The van der Waals surface area contributed by atoms with Crippen molar-refractivity contribution in [2.45, 2.75) is 27.2 Å². The lowest BCUT2D eigenvalue weighted by Gasteiger charge is -2.26. The minimum Gasteiger partial charge on any atom is -0.492 e. The lowest BCUT2D eigenvalue weighted by molar-refractivity contribution is -0.144. The van der Waals surface area contributed by atoms with Gasteiger partial charge in [0.05, 0.1) is 31.1 Å². The van der Waals surface area contributed by atoms with Crippen molar-refractivity contribution in [1.29, 1.82) is 0 Å². The molecule has 1 heterocycles. The Morgan fingerprint density at radius 3 is 2.68 bits per heavy atom. The van der Waals surface area contributed by atoms with Gasteiger partial charge >= 0.3 is 5.97 Å². The number of benzene rings is 1. The minimum absolute atomic E-state index is 0.0413. The lowest BCUT2D eigenvalue weighted by Crippen LogP contribution is -2.30. The molecule has 0 aromatic heterocycles. The first-order valence-electron chi connectivity index (χ1n) is 7.82. The molecule has 0 N–H and O–H groups in total. The topological polar surface area (TPSA) is 55.8 Å².